The zero-order chi connectivity index (χ0) is 23.0. The van der Waals surface area contributed by atoms with Crippen molar-refractivity contribution in [3.05, 3.63) is 29.2 Å². The second-order valence-electron chi connectivity index (χ2n) is 9.18. The van der Waals surface area contributed by atoms with Gasteiger partial charge in [0.05, 0.1) is 16.2 Å². The summed E-state index contributed by atoms with van der Waals surface area (Å²) in [5.41, 5.74) is 0.682. The average Bonchev–Trinajstić information content (AvgIpc) is 2.67. The summed E-state index contributed by atoms with van der Waals surface area (Å²) in [5, 5.41) is 1.79. The highest BCUT2D eigenvalue weighted by Crippen LogP contribution is 2.36. The van der Waals surface area contributed by atoms with E-state index in [-0.39, 0.29) is 24.0 Å². The molecule has 1 atom stereocenters. The van der Waals surface area contributed by atoms with Gasteiger partial charge in [-0.2, -0.15) is 4.40 Å². The summed E-state index contributed by atoms with van der Waals surface area (Å²) in [6.45, 7) is 6.92. The van der Waals surface area contributed by atoms with Crippen LogP contribution in [0.3, 0.4) is 0 Å². The number of nitrogens with zero attached hydrogens (tertiary/aromatic N) is 4. The topological polar surface area (TPSA) is 94.0 Å². The van der Waals surface area contributed by atoms with E-state index < -0.39 is 15.7 Å². The number of amides is 1. The van der Waals surface area contributed by atoms with E-state index in [1.807, 2.05) is 25.7 Å². The van der Waals surface area contributed by atoms with Crippen LogP contribution in [0.15, 0.2) is 22.9 Å². The first kappa shape index (κ1) is 23.1. The fraction of sp³-hybridized carbons (Fsp3) is 0.545. The van der Waals surface area contributed by atoms with Gasteiger partial charge >= 0.3 is 0 Å². The Hall–Kier alpha value is -2.10. The minimum absolute atomic E-state index is 0.0181. The number of methoxy groups -OCH3 is 1. The Morgan fingerprint density at radius 2 is 1.94 bits per heavy atom. The maximum atomic E-state index is 12.5. The van der Waals surface area contributed by atoms with Crippen LogP contribution < -0.4 is 4.74 Å². The molecule has 0 radical (unpaired) electrons. The molecular formula is C22H27ClN4O4S. The molecule has 172 valence electrons. The van der Waals surface area contributed by atoms with Gasteiger partial charge in [-0.25, -0.2) is 14.2 Å². The standard InChI is InChI=1S/C22H27ClN4O4S/c1-22(2,3)32(29)26-9-14-8-25-20(18-10-24-19(23)7-17(14)18)31-15-5-13(6-15)21(28)27-11-16(12-27)30-4/h7-10,13,15-16H,5-6,11-12H2,1-4H3/b26-9+/t13?,15?,32-/m0/s1. The molecule has 1 saturated heterocycles. The number of fused-ring (bicyclic) bond motifs is 1. The normalized spacial score (nSPS) is 22.6. The van der Waals surface area contributed by atoms with Crippen molar-refractivity contribution in [2.75, 3.05) is 20.2 Å². The number of carbonyl (C=O) groups excluding carboxylic acids is 1. The van der Waals surface area contributed by atoms with Crippen LogP contribution >= 0.6 is 11.6 Å². The monoisotopic (exact) mass is 478 g/mol. The number of hydrogen-bond donors (Lipinski definition) is 0. The van der Waals surface area contributed by atoms with E-state index in [0.29, 0.717) is 47.9 Å². The van der Waals surface area contributed by atoms with E-state index in [0.717, 1.165) is 5.39 Å². The smallest absolute Gasteiger partial charge is 0.226 e. The molecule has 10 heteroatoms. The molecule has 1 amide bonds. The van der Waals surface area contributed by atoms with Crippen molar-refractivity contribution in [2.45, 2.75) is 50.6 Å². The van der Waals surface area contributed by atoms with Crippen LogP contribution in [0.2, 0.25) is 5.15 Å². The van der Waals surface area contributed by atoms with Crippen molar-refractivity contribution in [1.82, 2.24) is 14.9 Å². The van der Waals surface area contributed by atoms with Gasteiger partial charge in [0.1, 0.15) is 22.2 Å². The van der Waals surface area contributed by atoms with Crippen LogP contribution in [0.5, 0.6) is 5.88 Å². The molecule has 1 aliphatic heterocycles. The molecule has 2 aliphatic rings. The first-order chi connectivity index (χ1) is 15.2. The fourth-order valence-corrected chi connectivity index (χ4v) is 4.30. The first-order valence-electron chi connectivity index (χ1n) is 10.5. The van der Waals surface area contributed by atoms with Crippen LogP contribution in [0.4, 0.5) is 0 Å². The summed E-state index contributed by atoms with van der Waals surface area (Å²) in [7, 11) is 0.280. The zero-order valence-corrected chi connectivity index (χ0v) is 20.2. The Morgan fingerprint density at radius 1 is 1.22 bits per heavy atom. The van der Waals surface area contributed by atoms with Gasteiger partial charge < -0.3 is 14.4 Å². The van der Waals surface area contributed by atoms with Crippen molar-refractivity contribution in [3.63, 3.8) is 0 Å². The third-order valence-corrected chi connectivity index (χ3v) is 7.31. The fourth-order valence-electron chi connectivity index (χ4n) is 3.61. The Balaban J connectivity index is 1.46. The summed E-state index contributed by atoms with van der Waals surface area (Å²) in [6, 6.07) is 1.72. The highest BCUT2D eigenvalue weighted by atomic mass is 35.5. The molecule has 1 saturated carbocycles. The van der Waals surface area contributed by atoms with Crippen molar-refractivity contribution in [2.24, 2.45) is 10.3 Å². The van der Waals surface area contributed by atoms with Gasteiger partial charge in [0.25, 0.3) is 0 Å². The van der Waals surface area contributed by atoms with Crippen LogP contribution in [-0.2, 0) is 20.5 Å². The molecule has 4 rings (SSSR count). The van der Waals surface area contributed by atoms with E-state index in [2.05, 4.69) is 14.4 Å². The maximum Gasteiger partial charge on any atom is 0.226 e. The summed E-state index contributed by atoms with van der Waals surface area (Å²) in [4.78, 5) is 22.9. The second-order valence-corrected chi connectivity index (χ2v) is 11.5. The van der Waals surface area contributed by atoms with Gasteiger partial charge in [-0.05, 0) is 39.7 Å². The lowest BCUT2D eigenvalue weighted by Crippen LogP contribution is -2.58. The highest BCUT2D eigenvalue weighted by Gasteiger charge is 2.42. The quantitative estimate of drug-likeness (QED) is 0.467. The van der Waals surface area contributed by atoms with Gasteiger partial charge in [-0.1, -0.05) is 11.6 Å². The Morgan fingerprint density at radius 3 is 2.59 bits per heavy atom. The summed E-state index contributed by atoms with van der Waals surface area (Å²) < 4.78 is 27.3. The van der Waals surface area contributed by atoms with E-state index in [4.69, 9.17) is 21.1 Å². The predicted octanol–water partition coefficient (Wildman–Crippen LogP) is 3.18. The molecule has 0 N–H and O–H groups in total. The van der Waals surface area contributed by atoms with Crippen LogP contribution in [0.25, 0.3) is 10.8 Å². The van der Waals surface area contributed by atoms with Gasteiger partial charge in [-0.3, -0.25) is 4.79 Å². The zero-order valence-electron chi connectivity index (χ0n) is 18.6. The third-order valence-electron chi connectivity index (χ3n) is 5.76. The van der Waals surface area contributed by atoms with Crippen LogP contribution in [0.1, 0.15) is 39.2 Å². The number of rotatable bonds is 6. The van der Waals surface area contributed by atoms with E-state index in [9.17, 15) is 9.00 Å². The number of carbonyl (C=O) groups is 1. The minimum Gasteiger partial charge on any atom is -0.474 e. The van der Waals surface area contributed by atoms with Gasteiger partial charge in [0, 0.05) is 55.7 Å². The van der Waals surface area contributed by atoms with E-state index >= 15 is 0 Å². The van der Waals surface area contributed by atoms with Crippen molar-refractivity contribution < 1.29 is 18.5 Å². The average molecular weight is 479 g/mol. The Bertz CT molecular complexity index is 1080. The molecule has 2 fully saturated rings. The van der Waals surface area contributed by atoms with Crippen molar-refractivity contribution in [1.29, 1.82) is 0 Å². The van der Waals surface area contributed by atoms with Crippen molar-refractivity contribution >= 4 is 45.5 Å². The number of likely N-dealkylation sites (tertiary alicyclic amines) is 1. The van der Waals surface area contributed by atoms with Gasteiger partial charge in [0.2, 0.25) is 11.8 Å². The highest BCUT2D eigenvalue weighted by molar-refractivity contribution is 7.85. The largest absolute Gasteiger partial charge is 0.474 e. The number of hydrogen-bond acceptors (Lipinski definition) is 6. The Kier molecular flexibility index (Phi) is 6.51. The number of aromatic nitrogens is 2. The maximum absolute atomic E-state index is 12.5. The van der Waals surface area contributed by atoms with Crippen molar-refractivity contribution in [3.8, 4) is 5.88 Å². The number of pyridine rings is 2. The summed E-state index contributed by atoms with van der Waals surface area (Å²) >= 11 is 6.12. The molecule has 32 heavy (non-hydrogen) atoms. The molecule has 8 nitrogen and oxygen atoms in total. The lowest BCUT2D eigenvalue weighted by atomic mass is 9.80. The van der Waals surface area contributed by atoms with Crippen LogP contribution in [0, 0.1) is 5.92 Å². The number of ether oxygens (including phenoxy) is 2. The molecule has 0 bridgehead atoms. The molecule has 0 spiro atoms. The minimum atomic E-state index is -1.39. The van der Waals surface area contributed by atoms with E-state index in [1.165, 1.54) is 0 Å². The third kappa shape index (κ3) is 4.79. The SMILES string of the molecule is COC1CN(C(=O)C2CC(Oc3ncc(/C=N/[S@@](=O)C(C)(C)C)c4cc(Cl)ncc34)C2)C1. The second kappa shape index (κ2) is 9.03. The molecule has 1 aliphatic carbocycles. The molecule has 2 aromatic rings. The molecule has 0 unspecified atom stereocenters. The van der Waals surface area contributed by atoms with Gasteiger partial charge in [0.15, 0.2) is 0 Å². The molecule has 3 heterocycles. The molecular weight excluding hydrogens is 452 g/mol. The summed E-state index contributed by atoms with van der Waals surface area (Å²) in [5.74, 6) is 0.593. The first-order valence-corrected chi connectivity index (χ1v) is 12.0. The molecule has 0 aromatic carbocycles. The lowest BCUT2D eigenvalue weighted by molar-refractivity contribution is -0.153. The van der Waals surface area contributed by atoms with Gasteiger partial charge in [-0.15, -0.1) is 0 Å². The van der Waals surface area contributed by atoms with Crippen LogP contribution in [-0.4, -0.2) is 68.4 Å². The van der Waals surface area contributed by atoms with E-state index in [1.54, 1.807) is 31.8 Å². The number of halogens is 1. The predicted molar refractivity (Wildman–Crippen MR) is 125 cm³/mol. The lowest BCUT2D eigenvalue weighted by Gasteiger charge is -2.43. The molecule has 2 aromatic heterocycles. The summed E-state index contributed by atoms with van der Waals surface area (Å²) in [6.07, 6.45) is 6.19. The Labute approximate surface area is 195 Å².